The van der Waals surface area contributed by atoms with Crippen LogP contribution in [0.15, 0.2) is 21.9 Å². The summed E-state index contributed by atoms with van der Waals surface area (Å²) in [6.45, 7) is 2.10. The van der Waals surface area contributed by atoms with E-state index in [4.69, 9.17) is 0 Å². The molecular formula is C14H21N3O3. The third-order valence-corrected chi connectivity index (χ3v) is 4.03. The Kier molecular flexibility index (Phi) is 4.42. The van der Waals surface area contributed by atoms with Gasteiger partial charge in [0.2, 0.25) is 5.91 Å². The van der Waals surface area contributed by atoms with Gasteiger partial charge in [0.1, 0.15) is 6.54 Å². The summed E-state index contributed by atoms with van der Waals surface area (Å²) in [5.41, 5.74) is -0.836. The topological polar surface area (TPSA) is 73.1 Å². The molecular weight excluding hydrogens is 258 g/mol. The number of amides is 1. The van der Waals surface area contributed by atoms with Crippen molar-refractivity contribution < 1.29 is 4.79 Å². The van der Waals surface area contributed by atoms with Crippen molar-refractivity contribution in [3.63, 3.8) is 0 Å². The summed E-state index contributed by atoms with van der Waals surface area (Å²) in [4.78, 5) is 35.1. The van der Waals surface area contributed by atoms with Crippen LogP contribution >= 0.6 is 0 Å². The molecule has 1 aromatic heterocycles. The largest absolute Gasteiger partial charge is 0.352 e. The molecule has 0 bridgehead atoms. The van der Waals surface area contributed by atoms with Crippen molar-refractivity contribution in [2.75, 3.05) is 0 Å². The number of carbonyl (C=O) groups is 1. The van der Waals surface area contributed by atoms with Gasteiger partial charge < -0.3 is 5.32 Å². The maximum absolute atomic E-state index is 12.0. The fourth-order valence-corrected chi connectivity index (χ4v) is 2.67. The lowest BCUT2D eigenvalue weighted by Gasteiger charge is -2.29. The van der Waals surface area contributed by atoms with E-state index >= 15 is 0 Å². The third-order valence-electron chi connectivity index (χ3n) is 4.03. The van der Waals surface area contributed by atoms with E-state index in [1.807, 2.05) is 0 Å². The quantitative estimate of drug-likeness (QED) is 0.861. The predicted octanol–water partition coefficient (Wildman–Crippen LogP) is 0.242. The Balaban J connectivity index is 2.03. The van der Waals surface area contributed by atoms with Gasteiger partial charge >= 0.3 is 5.69 Å². The van der Waals surface area contributed by atoms with Crippen molar-refractivity contribution in [3.8, 4) is 0 Å². The van der Waals surface area contributed by atoms with Crippen LogP contribution in [-0.4, -0.2) is 21.1 Å². The number of hydrogen-bond donors (Lipinski definition) is 1. The lowest BCUT2D eigenvalue weighted by atomic mass is 9.86. The Morgan fingerprint density at radius 2 is 2.05 bits per heavy atom. The highest BCUT2D eigenvalue weighted by atomic mass is 16.2. The van der Waals surface area contributed by atoms with E-state index in [1.54, 1.807) is 0 Å². The van der Waals surface area contributed by atoms with Crippen LogP contribution in [0.2, 0.25) is 0 Å². The predicted molar refractivity (Wildman–Crippen MR) is 75.5 cm³/mol. The molecule has 6 nitrogen and oxygen atoms in total. The number of nitrogens with one attached hydrogen (secondary N) is 1. The summed E-state index contributed by atoms with van der Waals surface area (Å²) in [6, 6.07) is 1.48. The van der Waals surface area contributed by atoms with Crippen molar-refractivity contribution in [1.82, 2.24) is 14.5 Å². The van der Waals surface area contributed by atoms with Crippen LogP contribution in [0.5, 0.6) is 0 Å². The molecule has 0 aliphatic heterocycles. The minimum atomic E-state index is -0.468. The zero-order valence-corrected chi connectivity index (χ0v) is 12.0. The van der Waals surface area contributed by atoms with Crippen molar-refractivity contribution in [3.05, 3.63) is 33.1 Å². The zero-order valence-electron chi connectivity index (χ0n) is 12.0. The van der Waals surface area contributed by atoms with Crippen molar-refractivity contribution >= 4 is 5.91 Å². The van der Waals surface area contributed by atoms with Crippen molar-refractivity contribution in [2.45, 2.75) is 45.2 Å². The molecule has 1 aromatic rings. The molecule has 6 heteroatoms. The molecule has 2 unspecified atom stereocenters. The van der Waals surface area contributed by atoms with E-state index in [-0.39, 0.29) is 24.1 Å². The maximum atomic E-state index is 12.0. The van der Waals surface area contributed by atoms with Gasteiger partial charge in [-0.3, -0.25) is 18.7 Å². The van der Waals surface area contributed by atoms with E-state index in [1.165, 1.54) is 30.3 Å². The molecule has 2 atom stereocenters. The number of nitrogens with zero attached hydrogens (tertiary/aromatic N) is 2. The fraction of sp³-hybridized carbons (Fsp3) is 0.643. The second-order valence-electron chi connectivity index (χ2n) is 5.56. The van der Waals surface area contributed by atoms with Crippen LogP contribution in [0.3, 0.4) is 0 Å². The van der Waals surface area contributed by atoms with E-state index in [9.17, 15) is 14.4 Å². The molecule has 1 fully saturated rings. The number of hydrogen-bond acceptors (Lipinski definition) is 3. The smallest absolute Gasteiger partial charge is 0.331 e. The summed E-state index contributed by atoms with van der Waals surface area (Å²) in [7, 11) is 1.41. The molecule has 0 aromatic carbocycles. The first-order chi connectivity index (χ1) is 9.49. The minimum Gasteiger partial charge on any atom is -0.352 e. The first-order valence-corrected chi connectivity index (χ1v) is 7.05. The summed E-state index contributed by atoms with van der Waals surface area (Å²) in [5.74, 6) is 0.300. The molecule has 1 N–H and O–H groups in total. The first-order valence-electron chi connectivity index (χ1n) is 7.05. The summed E-state index contributed by atoms with van der Waals surface area (Å²) >= 11 is 0. The molecule has 1 heterocycles. The molecule has 20 heavy (non-hydrogen) atoms. The Labute approximate surface area is 117 Å². The fourth-order valence-electron chi connectivity index (χ4n) is 2.67. The van der Waals surface area contributed by atoms with Crippen LogP contribution in [0, 0.1) is 5.92 Å². The lowest BCUT2D eigenvalue weighted by Crippen LogP contribution is -2.45. The summed E-state index contributed by atoms with van der Waals surface area (Å²) in [6.07, 6.45) is 5.84. The second-order valence-corrected chi connectivity index (χ2v) is 5.56. The van der Waals surface area contributed by atoms with Crippen LogP contribution < -0.4 is 16.6 Å². The standard InChI is InChI=1S/C14H21N3O3/c1-10-5-3-4-6-11(10)15-12(18)9-17-8-7-13(19)16(2)14(17)20/h7-8,10-11H,3-6,9H2,1-2H3,(H,15,18). The Morgan fingerprint density at radius 3 is 2.75 bits per heavy atom. The average molecular weight is 279 g/mol. The van der Waals surface area contributed by atoms with Crippen LogP contribution in [-0.2, 0) is 18.4 Å². The molecule has 1 amide bonds. The lowest BCUT2D eigenvalue weighted by molar-refractivity contribution is -0.123. The monoisotopic (exact) mass is 279 g/mol. The van der Waals surface area contributed by atoms with Gasteiger partial charge in [0.15, 0.2) is 0 Å². The van der Waals surface area contributed by atoms with Gasteiger partial charge in [0, 0.05) is 25.4 Å². The van der Waals surface area contributed by atoms with Crippen LogP contribution in [0.4, 0.5) is 0 Å². The molecule has 1 aliphatic rings. The highest BCUT2D eigenvalue weighted by Crippen LogP contribution is 2.23. The first kappa shape index (κ1) is 14.6. The number of rotatable bonds is 3. The maximum Gasteiger partial charge on any atom is 0.331 e. The van der Waals surface area contributed by atoms with Gasteiger partial charge in [-0.2, -0.15) is 0 Å². The molecule has 0 saturated heterocycles. The van der Waals surface area contributed by atoms with Gasteiger partial charge in [0.05, 0.1) is 0 Å². The van der Waals surface area contributed by atoms with E-state index in [0.29, 0.717) is 5.92 Å². The molecule has 0 radical (unpaired) electrons. The Morgan fingerprint density at radius 1 is 1.35 bits per heavy atom. The van der Waals surface area contributed by atoms with Crippen LogP contribution in [0.1, 0.15) is 32.6 Å². The molecule has 2 rings (SSSR count). The van der Waals surface area contributed by atoms with E-state index in [2.05, 4.69) is 12.2 Å². The van der Waals surface area contributed by atoms with Crippen molar-refractivity contribution in [2.24, 2.45) is 13.0 Å². The van der Waals surface area contributed by atoms with Crippen LogP contribution in [0.25, 0.3) is 0 Å². The van der Waals surface area contributed by atoms with Gasteiger partial charge in [0.25, 0.3) is 5.56 Å². The molecule has 1 aliphatic carbocycles. The van der Waals surface area contributed by atoms with Gasteiger partial charge in [-0.15, -0.1) is 0 Å². The third kappa shape index (κ3) is 3.18. The second kappa shape index (κ2) is 6.07. The van der Waals surface area contributed by atoms with Gasteiger partial charge in [-0.25, -0.2) is 4.79 Å². The number of carbonyl (C=O) groups excluding carboxylic acids is 1. The summed E-state index contributed by atoms with van der Waals surface area (Å²) < 4.78 is 2.25. The highest BCUT2D eigenvalue weighted by Gasteiger charge is 2.22. The van der Waals surface area contributed by atoms with Gasteiger partial charge in [-0.05, 0) is 18.8 Å². The van der Waals surface area contributed by atoms with Gasteiger partial charge in [-0.1, -0.05) is 19.8 Å². The normalized spacial score (nSPS) is 22.5. The van der Waals surface area contributed by atoms with E-state index < -0.39 is 5.69 Å². The average Bonchev–Trinajstić information content (AvgIpc) is 2.42. The molecule has 1 saturated carbocycles. The summed E-state index contributed by atoms with van der Waals surface area (Å²) in [5, 5.41) is 2.99. The highest BCUT2D eigenvalue weighted by molar-refractivity contribution is 5.76. The molecule has 110 valence electrons. The number of aromatic nitrogens is 2. The SMILES string of the molecule is CC1CCCCC1NC(=O)Cn1ccc(=O)n(C)c1=O. The Bertz CT molecular complexity index is 602. The molecule has 0 spiro atoms. The minimum absolute atomic E-state index is 0.0455. The zero-order chi connectivity index (χ0) is 14.7. The Hall–Kier alpha value is -1.85. The van der Waals surface area contributed by atoms with E-state index in [0.717, 1.165) is 23.8 Å². The van der Waals surface area contributed by atoms with Crippen molar-refractivity contribution in [1.29, 1.82) is 0 Å².